The Kier molecular flexibility index (Phi) is 14.9. The highest BCUT2D eigenvalue weighted by atomic mass is 16.4. The summed E-state index contributed by atoms with van der Waals surface area (Å²) >= 11 is 0. The van der Waals surface area contributed by atoms with E-state index in [1.807, 2.05) is 0 Å². The number of nitrogens with two attached hydrogens (primary N) is 5. The number of guanidine groups is 1. The summed E-state index contributed by atoms with van der Waals surface area (Å²) in [4.78, 5) is 76.3. The first kappa shape index (κ1) is 33.0. The number of aliphatic imine (C=N–C) groups is 1. The molecule has 5 amide bonds. The van der Waals surface area contributed by atoms with Crippen molar-refractivity contribution in [2.45, 2.75) is 76.5 Å². The molecule has 0 aliphatic heterocycles. The smallest absolute Gasteiger partial charge is 0.326 e. The highest BCUT2D eigenvalue weighted by Gasteiger charge is 2.32. The molecule has 16 nitrogen and oxygen atoms in total. The van der Waals surface area contributed by atoms with E-state index in [0.29, 0.717) is 12.8 Å². The number of primary amides is 2. The standard InChI is InChI=1S/C21H39N9O7/c1-3-10(2)16(20(36)37)30-18(34)12(6-7-14(23)31)28-19(35)13(9-15(24)32)29-17(33)11(22)5-4-8-27-21(25)26/h10-13,16H,3-9,22H2,1-2H3,(H2,23,31)(H2,24,32)(H,28,35)(H,29,33)(H,30,34)(H,36,37)(H4,25,26,27). The highest BCUT2D eigenvalue weighted by Crippen LogP contribution is 2.09. The molecule has 0 fully saturated rings. The van der Waals surface area contributed by atoms with Gasteiger partial charge >= 0.3 is 5.97 Å². The Morgan fingerprint density at radius 1 is 0.838 bits per heavy atom. The van der Waals surface area contributed by atoms with E-state index in [9.17, 15) is 33.9 Å². The van der Waals surface area contributed by atoms with Crippen LogP contribution in [-0.2, 0) is 28.8 Å². The van der Waals surface area contributed by atoms with Gasteiger partial charge in [-0.1, -0.05) is 20.3 Å². The van der Waals surface area contributed by atoms with E-state index in [4.69, 9.17) is 28.7 Å². The third-order valence-electron chi connectivity index (χ3n) is 5.43. The molecule has 0 aliphatic carbocycles. The summed E-state index contributed by atoms with van der Waals surface area (Å²) in [5.74, 6) is -6.17. The number of carbonyl (C=O) groups is 6. The lowest BCUT2D eigenvalue weighted by molar-refractivity contribution is -0.144. The Balaban J connectivity index is 5.54. The minimum atomic E-state index is -1.50. The van der Waals surface area contributed by atoms with Crippen molar-refractivity contribution in [3.63, 3.8) is 0 Å². The third-order valence-corrected chi connectivity index (χ3v) is 5.43. The van der Waals surface area contributed by atoms with Crippen LogP contribution in [0.3, 0.4) is 0 Å². The predicted molar refractivity (Wildman–Crippen MR) is 133 cm³/mol. The van der Waals surface area contributed by atoms with Crippen molar-refractivity contribution in [2.24, 2.45) is 39.6 Å². The summed E-state index contributed by atoms with van der Waals surface area (Å²) in [7, 11) is 0. The average Bonchev–Trinajstić information content (AvgIpc) is 2.80. The molecular weight excluding hydrogens is 490 g/mol. The second-order valence-electron chi connectivity index (χ2n) is 8.56. The molecule has 5 unspecified atom stereocenters. The first-order valence-corrected chi connectivity index (χ1v) is 11.7. The lowest BCUT2D eigenvalue weighted by Crippen LogP contribution is -2.58. The largest absolute Gasteiger partial charge is 0.480 e. The Hall–Kier alpha value is -3.95. The summed E-state index contributed by atoms with van der Waals surface area (Å²) in [6, 6.07) is -5.23. The van der Waals surface area contributed by atoms with Crippen molar-refractivity contribution >= 4 is 41.5 Å². The summed E-state index contributed by atoms with van der Waals surface area (Å²) in [5, 5.41) is 16.4. The number of aliphatic carboxylic acids is 1. The monoisotopic (exact) mass is 529 g/mol. The van der Waals surface area contributed by atoms with E-state index in [1.54, 1.807) is 13.8 Å². The topological polar surface area (TPSA) is 301 Å². The second-order valence-corrected chi connectivity index (χ2v) is 8.56. The van der Waals surface area contributed by atoms with E-state index in [1.165, 1.54) is 0 Å². The molecule has 0 spiro atoms. The predicted octanol–water partition coefficient (Wildman–Crippen LogP) is -3.91. The molecule has 0 saturated carbocycles. The number of rotatable bonds is 18. The summed E-state index contributed by atoms with van der Waals surface area (Å²) in [6.07, 6.45) is -0.241. The van der Waals surface area contributed by atoms with Crippen LogP contribution in [0.1, 0.15) is 52.4 Å². The fourth-order valence-corrected chi connectivity index (χ4v) is 3.10. The van der Waals surface area contributed by atoms with Gasteiger partial charge in [-0.2, -0.15) is 0 Å². The number of nitrogens with one attached hydrogen (secondary N) is 3. The molecule has 0 heterocycles. The number of carboxylic acid groups (broad SMARTS) is 1. The summed E-state index contributed by atoms with van der Waals surface area (Å²) in [5.41, 5.74) is 26.6. The Labute approximate surface area is 214 Å². The molecule has 0 rings (SSSR count). The molecule has 16 heteroatoms. The first-order chi connectivity index (χ1) is 17.2. The van der Waals surface area contributed by atoms with Gasteiger partial charge < -0.3 is 49.7 Å². The van der Waals surface area contributed by atoms with Gasteiger partial charge in [-0.15, -0.1) is 0 Å². The Morgan fingerprint density at radius 2 is 1.41 bits per heavy atom. The quantitative estimate of drug-likeness (QED) is 0.0472. The van der Waals surface area contributed by atoms with Crippen molar-refractivity contribution in [1.29, 1.82) is 0 Å². The van der Waals surface area contributed by atoms with Crippen LogP contribution in [0, 0.1) is 5.92 Å². The minimum Gasteiger partial charge on any atom is -0.480 e. The van der Waals surface area contributed by atoms with Crippen molar-refractivity contribution in [2.75, 3.05) is 6.54 Å². The number of nitrogens with zero attached hydrogens (tertiary/aromatic N) is 1. The van der Waals surface area contributed by atoms with Crippen molar-refractivity contribution in [3.8, 4) is 0 Å². The van der Waals surface area contributed by atoms with Gasteiger partial charge in [0.25, 0.3) is 0 Å². The molecule has 0 aromatic rings. The van der Waals surface area contributed by atoms with Crippen LogP contribution < -0.4 is 44.6 Å². The fraction of sp³-hybridized carbons (Fsp3) is 0.667. The SMILES string of the molecule is CCC(C)C(NC(=O)C(CCC(N)=O)NC(=O)C(CC(N)=O)NC(=O)C(N)CCCN=C(N)N)C(=O)O. The van der Waals surface area contributed by atoms with Gasteiger partial charge in [0.15, 0.2) is 5.96 Å². The molecule has 37 heavy (non-hydrogen) atoms. The minimum absolute atomic E-state index is 0.120. The number of carboxylic acids is 1. The molecule has 0 aromatic carbocycles. The Bertz CT molecular complexity index is 861. The molecule has 14 N–H and O–H groups in total. The number of hydrogen-bond donors (Lipinski definition) is 9. The average molecular weight is 530 g/mol. The van der Waals surface area contributed by atoms with Crippen LogP contribution >= 0.6 is 0 Å². The van der Waals surface area contributed by atoms with Crippen molar-refractivity contribution in [1.82, 2.24) is 16.0 Å². The molecular formula is C21H39N9O7. The molecule has 0 bridgehead atoms. The Morgan fingerprint density at radius 3 is 1.89 bits per heavy atom. The van der Waals surface area contributed by atoms with E-state index < -0.39 is 72.0 Å². The summed E-state index contributed by atoms with van der Waals surface area (Å²) in [6.45, 7) is 3.58. The zero-order chi connectivity index (χ0) is 28.7. The van der Waals surface area contributed by atoms with Crippen LogP contribution in [0.25, 0.3) is 0 Å². The van der Waals surface area contributed by atoms with Crippen molar-refractivity contribution < 1.29 is 33.9 Å². The number of amides is 5. The van der Waals surface area contributed by atoms with Gasteiger partial charge in [-0.3, -0.25) is 29.0 Å². The van der Waals surface area contributed by atoms with Crippen LogP contribution in [0.4, 0.5) is 0 Å². The maximum atomic E-state index is 12.9. The second kappa shape index (κ2) is 16.7. The first-order valence-electron chi connectivity index (χ1n) is 11.7. The lowest BCUT2D eigenvalue weighted by Gasteiger charge is -2.26. The number of hydrogen-bond acceptors (Lipinski definition) is 8. The van der Waals surface area contributed by atoms with Crippen LogP contribution in [0.5, 0.6) is 0 Å². The molecule has 0 aromatic heterocycles. The number of carbonyl (C=O) groups excluding carboxylic acids is 5. The van der Waals surface area contributed by atoms with Crippen LogP contribution in [-0.4, -0.2) is 77.3 Å². The molecule has 5 atom stereocenters. The van der Waals surface area contributed by atoms with E-state index in [0.717, 1.165) is 0 Å². The maximum absolute atomic E-state index is 12.9. The zero-order valence-electron chi connectivity index (χ0n) is 21.1. The maximum Gasteiger partial charge on any atom is 0.326 e. The zero-order valence-corrected chi connectivity index (χ0v) is 21.1. The van der Waals surface area contributed by atoms with Gasteiger partial charge in [0.2, 0.25) is 29.5 Å². The van der Waals surface area contributed by atoms with Gasteiger partial charge in [-0.05, 0) is 25.2 Å². The van der Waals surface area contributed by atoms with E-state index >= 15 is 0 Å². The van der Waals surface area contributed by atoms with Crippen molar-refractivity contribution in [3.05, 3.63) is 0 Å². The van der Waals surface area contributed by atoms with E-state index in [-0.39, 0.29) is 31.8 Å². The lowest BCUT2D eigenvalue weighted by atomic mass is 9.98. The van der Waals surface area contributed by atoms with Gasteiger partial charge in [0.05, 0.1) is 12.5 Å². The van der Waals surface area contributed by atoms with Gasteiger partial charge in [0, 0.05) is 13.0 Å². The third kappa shape index (κ3) is 13.6. The fourth-order valence-electron chi connectivity index (χ4n) is 3.10. The van der Waals surface area contributed by atoms with E-state index in [2.05, 4.69) is 20.9 Å². The molecule has 0 aliphatic rings. The molecule has 210 valence electrons. The van der Waals surface area contributed by atoms with Crippen LogP contribution in [0.15, 0.2) is 4.99 Å². The van der Waals surface area contributed by atoms with Gasteiger partial charge in [-0.25, -0.2) is 4.79 Å². The van der Waals surface area contributed by atoms with Gasteiger partial charge in [0.1, 0.15) is 18.1 Å². The molecule has 0 saturated heterocycles. The normalized spacial score (nSPS) is 14.7. The van der Waals surface area contributed by atoms with Crippen LogP contribution in [0.2, 0.25) is 0 Å². The summed E-state index contributed by atoms with van der Waals surface area (Å²) < 4.78 is 0. The highest BCUT2D eigenvalue weighted by molar-refractivity contribution is 5.96. The molecule has 0 radical (unpaired) electrons.